The fraction of sp³-hybridized carbons (Fsp3) is 0.185. The molecule has 2 aromatic rings. The number of amides is 2. The SMILES string of the molecule is N#C/C(=C\c1ccc(C(=O)O)cc1)C(=O)NCCCCCNC(=O)/C(C#N)=C/c1ccc(C(=O)O)cc1. The Bertz CT molecular complexity index is 1190. The monoisotopic (exact) mass is 500 g/mol. The third kappa shape index (κ3) is 9.15. The first-order valence-electron chi connectivity index (χ1n) is 11.2. The minimum atomic E-state index is -1.07. The fourth-order valence-corrected chi connectivity index (χ4v) is 3.10. The van der Waals surface area contributed by atoms with Crippen LogP contribution in [0, 0.1) is 22.7 Å². The molecule has 0 heterocycles. The average Bonchev–Trinajstić information content (AvgIpc) is 2.89. The molecule has 37 heavy (non-hydrogen) atoms. The Hall–Kier alpha value is -5.22. The Balaban J connectivity index is 1.73. The molecule has 2 amide bonds. The van der Waals surface area contributed by atoms with E-state index in [-0.39, 0.29) is 22.3 Å². The van der Waals surface area contributed by atoms with Crippen molar-refractivity contribution in [3.05, 3.63) is 81.9 Å². The van der Waals surface area contributed by atoms with Crippen molar-refractivity contribution in [3.63, 3.8) is 0 Å². The van der Waals surface area contributed by atoms with E-state index in [9.17, 15) is 29.7 Å². The van der Waals surface area contributed by atoms with Crippen molar-refractivity contribution in [2.45, 2.75) is 19.3 Å². The highest BCUT2D eigenvalue weighted by molar-refractivity contribution is 6.02. The molecule has 2 aromatic carbocycles. The predicted octanol–water partition coefficient (Wildman–Crippen LogP) is 3.00. The van der Waals surface area contributed by atoms with Crippen molar-refractivity contribution in [1.29, 1.82) is 10.5 Å². The first-order chi connectivity index (χ1) is 17.7. The number of nitriles is 2. The Labute approximate surface area is 213 Å². The van der Waals surface area contributed by atoms with Crippen molar-refractivity contribution < 1.29 is 29.4 Å². The number of hydrogen-bond acceptors (Lipinski definition) is 6. The van der Waals surface area contributed by atoms with Crippen LogP contribution in [0.5, 0.6) is 0 Å². The Morgan fingerprint density at radius 1 is 0.649 bits per heavy atom. The molecule has 0 spiro atoms. The van der Waals surface area contributed by atoms with E-state index in [2.05, 4.69) is 10.6 Å². The Morgan fingerprint density at radius 3 is 1.30 bits per heavy atom. The summed E-state index contributed by atoms with van der Waals surface area (Å²) in [7, 11) is 0. The number of unbranched alkanes of at least 4 members (excludes halogenated alkanes) is 2. The van der Waals surface area contributed by atoms with Gasteiger partial charge in [-0.1, -0.05) is 24.3 Å². The van der Waals surface area contributed by atoms with Gasteiger partial charge in [-0.25, -0.2) is 9.59 Å². The van der Waals surface area contributed by atoms with Crippen LogP contribution in [0.1, 0.15) is 51.1 Å². The van der Waals surface area contributed by atoms with Crippen LogP contribution in [0.3, 0.4) is 0 Å². The third-order valence-electron chi connectivity index (χ3n) is 5.09. The highest BCUT2D eigenvalue weighted by Crippen LogP contribution is 2.11. The molecule has 0 aliphatic carbocycles. The highest BCUT2D eigenvalue weighted by atomic mass is 16.4. The van der Waals surface area contributed by atoms with E-state index in [4.69, 9.17) is 10.2 Å². The molecule has 2 rings (SSSR count). The predicted molar refractivity (Wildman–Crippen MR) is 134 cm³/mol. The second kappa shape index (κ2) is 14.2. The lowest BCUT2D eigenvalue weighted by Gasteiger charge is -2.06. The molecule has 0 fully saturated rings. The summed E-state index contributed by atoms with van der Waals surface area (Å²) in [6.45, 7) is 0.638. The number of nitrogens with zero attached hydrogens (tertiary/aromatic N) is 2. The van der Waals surface area contributed by atoms with Gasteiger partial charge < -0.3 is 20.8 Å². The van der Waals surface area contributed by atoms with E-state index in [0.29, 0.717) is 43.5 Å². The van der Waals surface area contributed by atoms with Crippen molar-refractivity contribution in [3.8, 4) is 12.1 Å². The van der Waals surface area contributed by atoms with Gasteiger partial charge in [0.2, 0.25) is 0 Å². The minimum absolute atomic E-state index is 0.100. The second-order valence-electron chi connectivity index (χ2n) is 7.77. The summed E-state index contributed by atoms with van der Waals surface area (Å²) in [6.07, 6.45) is 4.62. The summed E-state index contributed by atoms with van der Waals surface area (Å²) < 4.78 is 0. The Morgan fingerprint density at radius 2 is 1.00 bits per heavy atom. The van der Waals surface area contributed by atoms with E-state index in [1.165, 1.54) is 60.7 Å². The number of aromatic carboxylic acids is 2. The van der Waals surface area contributed by atoms with Crippen LogP contribution >= 0.6 is 0 Å². The largest absolute Gasteiger partial charge is 0.478 e. The number of carbonyl (C=O) groups excluding carboxylic acids is 2. The molecule has 188 valence electrons. The molecule has 0 radical (unpaired) electrons. The summed E-state index contributed by atoms with van der Waals surface area (Å²) >= 11 is 0. The van der Waals surface area contributed by atoms with Crippen LogP contribution in [-0.4, -0.2) is 47.1 Å². The summed E-state index contributed by atoms with van der Waals surface area (Å²) in [6, 6.07) is 15.2. The number of rotatable bonds is 12. The van der Waals surface area contributed by atoms with E-state index in [1.54, 1.807) is 0 Å². The minimum Gasteiger partial charge on any atom is -0.478 e. The number of carboxylic acids is 2. The van der Waals surface area contributed by atoms with Gasteiger partial charge in [0, 0.05) is 13.1 Å². The molecule has 0 unspecified atom stereocenters. The molecule has 4 N–H and O–H groups in total. The molecule has 0 bridgehead atoms. The number of benzene rings is 2. The lowest BCUT2D eigenvalue weighted by Crippen LogP contribution is -2.27. The Kier molecular flexibility index (Phi) is 10.8. The lowest BCUT2D eigenvalue weighted by molar-refractivity contribution is -0.117. The van der Waals surface area contributed by atoms with Crippen molar-refractivity contribution >= 4 is 35.9 Å². The molecule has 10 nitrogen and oxygen atoms in total. The summed E-state index contributed by atoms with van der Waals surface area (Å²) in [5, 5.41) is 41.6. The zero-order chi connectivity index (χ0) is 27.2. The number of nitrogens with one attached hydrogen (secondary N) is 2. The van der Waals surface area contributed by atoms with Crippen LogP contribution in [-0.2, 0) is 9.59 Å². The molecule has 0 atom stereocenters. The van der Waals surface area contributed by atoms with Gasteiger partial charge in [-0.05, 0) is 66.8 Å². The number of hydrogen-bond donors (Lipinski definition) is 4. The van der Waals surface area contributed by atoms with Crippen LogP contribution in [0.25, 0.3) is 12.2 Å². The average molecular weight is 501 g/mol. The first-order valence-corrected chi connectivity index (χ1v) is 11.2. The van der Waals surface area contributed by atoms with Crippen molar-refractivity contribution in [2.75, 3.05) is 13.1 Å². The van der Waals surface area contributed by atoms with Crippen molar-refractivity contribution in [2.24, 2.45) is 0 Å². The van der Waals surface area contributed by atoms with Crippen LogP contribution < -0.4 is 10.6 Å². The summed E-state index contributed by atoms with van der Waals surface area (Å²) in [5.74, 6) is -3.23. The third-order valence-corrected chi connectivity index (χ3v) is 5.09. The van der Waals surface area contributed by atoms with E-state index < -0.39 is 23.8 Å². The zero-order valence-electron chi connectivity index (χ0n) is 19.7. The summed E-state index contributed by atoms with van der Waals surface area (Å²) in [5.41, 5.74) is 1.03. The number of carbonyl (C=O) groups is 4. The molecular formula is C27H24N4O6. The van der Waals surface area contributed by atoms with Gasteiger partial charge in [0.1, 0.15) is 23.3 Å². The fourth-order valence-electron chi connectivity index (χ4n) is 3.10. The van der Waals surface area contributed by atoms with Crippen molar-refractivity contribution in [1.82, 2.24) is 10.6 Å². The first kappa shape index (κ1) is 28.0. The summed E-state index contributed by atoms with van der Waals surface area (Å²) in [4.78, 5) is 46.2. The maximum atomic E-state index is 12.2. The molecule has 0 saturated heterocycles. The molecule has 0 aliphatic rings. The van der Waals surface area contributed by atoms with Gasteiger partial charge in [-0.15, -0.1) is 0 Å². The molecule has 0 aromatic heterocycles. The highest BCUT2D eigenvalue weighted by Gasteiger charge is 2.10. The topological polar surface area (TPSA) is 180 Å². The molecule has 10 heteroatoms. The van der Waals surface area contributed by atoms with Crippen LogP contribution in [0.2, 0.25) is 0 Å². The van der Waals surface area contributed by atoms with Gasteiger partial charge >= 0.3 is 11.9 Å². The molecular weight excluding hydrogens is 476 g/mol. The quantitative estimate of drug-likeness (QED) is 0.195. The van der Waals surface area contributed by atoms with Crippen LogP contribution in [0.4, 0.5) is 0 Å². The van der Waals surface area contributed by atoms with E-state index in [0.717, 1.165) is 0 Å². The van der Waals surface area contributed by atoms with Gasteiger partial charge in [0.15, 0.2) is 0 Å². The van der Waals surface area contributed by atoms with Gasteiger partial charge in [0.25, 0.3) is 11.8 Å². The molecule has 0 saturated carbocycles. The van der Waals surface area contributed by atoms with E-state index in [1.807, 2.05) is 12.1 Å². The smallest absolute Gasteiger partial charge is 0.335 e. The maximum Gasteiger partial charge on any atom is 0.335 e. The van der Waals surface area contributed by atoms with Gasteiger partial charge in [0.05, 0.1) is 11.1 Å². The van der Waals surface area contributed by atoms with Gasteiger partial charge in [-0.2, -0.15) is 10.5 Å². The van der Waals surface area contributed by atoms with Crippen LogP contribution in [0.15, 0.2) is 59.7 Å². The second-order valence-corrected chi connectivity index (χ2v) is 7.77. The molecule has 0 aliphatic heterocycles. The van der Waals surface area contributed by atoms with E-state index >= 15 is 0 Å². The lowest BCUT2D eigenvalue weighted by atomic mass is 10.1. The van der Waals surface area contributed by atoms with Gasteiger partial charge in [-0.3, -0.25) is 9.59 Å². The normalized spacial score (nSPS) is 11.1. The zero-order valence-corrected chi connectivity index (χ0v) is 19.7. The number of carboxylic acid groups (broad SMARTS) is 2. The maximum absolute atomic E-state index is 12.2. The standard InChI is InChI=1S/C27H24N4O6/c28-16-22(14-18-4-8-20(9-5-18)26(34)35)24(32)30-12-2-1-3-13-31-25(33)23(17-29)15-19-6-10-21(11-7-19)27(36)37/h4-11,14-15H,1-3,12-13H2,(H,30,32)(H,31,33)(H,34,35)(H,36,37)/b22-14+,23-15+.